The fourth-order valence-corrected chi connectivity index (χ4v) is 2.84. The Bertz CT molecular complexity index is 697. The highest BCUT2D eigenvalue weighted by Gasteiger charge is 2.10. The molecule has 0 fully saturated rings. The molecule has 134 valence electrons. The molecule has 0 radical (unpaired) electrons. The summed E-state index contributed by atoms with van der Waals surface area (Å²) in [6.07, 6.45) is 0.833. The Morgan fingerprint density at radius 2 is 2.00 bits per heavy atom. The smallest absolute Gasteiger partial charge is 0.227 e. The van der Waals surface area contributed by atoms with Crippen LogP contribution in [0.3, 0.4) is 0 Å². The second-order valence-corrected chi connectivity index (χ2v) is 6.89. The molecular formula is C19H26N4OS. The molecule has 0 saturated heterocycles. The van der Waals surface area contributed by atoms with Crippen molar-refractivity contribution < 1.29 is 4.79 Å². The van der Waals surface area contributed by atoms with Gasteiger partial charge in [0.1, 0.15) is 0 Å². The van der Waals surface area contributed by atoms with Gasteiger partial charge in [0.25, 0.3) is 0 Å². The third-order valence-electron chi connectivity index (χ3n) is 3.95. The maximum Gasteiger partial charge on any atom is 0.227 e. The standard InChI is InChI=1S/C19H26N4OS/c1-4-14(2)18(24)23-16-8-5-7-15(11-16)12-21-19(20-3)22-13-17-9-6-10-25-17/h5-11,14H,4,12-13H2,1-3H3,(H,23,24)(H2,20,21,22). The third-order valence-corrected chi connectivity index (χ3v) is 4.82. The number of nitrogens with zero attached hydrogens (tertiary/aromatic N) is 1. The molecule has 2 rings (SSSR count). The Labute approximate surface area is 153 Å². The number of nitrogens with one attached hydrogen (secondary N) is 3. The monoisotopic (exact) mass is 358 g/mol. The number of benzene rings is 1. The second-order valence-electron chi connectivity index (χ2n) is 5.86. The van der Waals surface area contributed by atoms with Crippen molar-refractivity contribution in [2.45, 2.75) is 33.4 Å². The minimum atomic E-state index is 0.0158. The quantitative estimate of drug-likeness (QED) is 0.523. The van der Waals surface area contributed by atoms with Crippen molar-refractivity contribution in [3.05, 3.63) is 52.2 Å². The molecule has 0 aliphatic heterocycles. The van der Waals surface area contributed by atoms with Crippen LogP contribution >= 0.6 is 11.3 Å². The van der Waals surface area contributed by atoms with E-state index >= 15 is 0 Å². The van der Waals surface area contributed by atoms with E-state index in [-0.39, 0.29) is 11.8 Å². The molecule has 0 aliphatic rings. The van der Waals surface area contributed by atoms with E-state index in [1.807, 2.05) is 44.2 Å². The highest BCUT2D eigenvalue weighted by atomic mass is 32.1. The van der Waals surface area contributed by atoms with Gasteiger partial charge in [-0.2, -0.15) is 0 Å². The van der Waals surface area contributed by atoms with Crippen molar-refractivity contribution in [1.82, 2.24) is 10.6 Å². The number of carbonyl (C=O) groups is 1. The largest absolute Gasteiger partial charge is 0.352 e. The maximum atomic E-state index is 12.0. The Balaban J connectivity index is 1.87. The molecule has 6 heteroatoms. The summed E-state index contributed by atoms with van der Waals surface area (Å²) in [6.45, 7) is 5.34. The molecule has 25 heavy (non-hydrogen) atoms. The summed E-state index contributed by atoms with van der Waals surface area (Å²) in [5, 5.41) is 11.6. The molecule has 2 aromatic rings. The van der Waals surface area contributed by atoms with E-state index in [0.29, 0.717) is 6.54 Å². The fraction of sp³-hybridized carbons (Fsp3) is 0.368. The van der Waals surface area contributed by atoms with Crippen molar-refractivity contribution in [1.29, 1.82) is 0 Å². The molecule has 1 aromatic carbocycles. The molecule has 0 bridgehead atoms. The van der Waals surface area contributed by atoms with Gasteiger partial charge in [-0.05, 0) is 35.6 Å². The molecule has 0 aliphatic carbocycles. The number of amides is 1. The lowest BCUT2D eigenvalue weighted by atomic mass is 10.1. The van der Waals surface area contributed by atoms with Crippen molar-refractivity contribution >= 4 is 28.9 Å². The SMILES string of the molecule is CCC(C)C(=O)Nc1cccc(CNC(=NC)NCc2cccs2)c1. The van der Waals surface area contributed by atoms with Gasteiger partial charge >= 0.3 is 0 Å². The number of carbonyl (C=O) groups excluding carboxylic acids is 1. The van der Waals surface area contributed by atoms with Gasteiger partial charge in [-0.1, -0.05) is 32.0 Å². The summed E-state index contributed by atoms with van der Waals surface area (Å²) in [7, 11) is 1.76. The van der Waals surface area contributed by atoms with Gasteiger partial charge in [0.2, 0.25) is 5.91 Å². The van der Waals surface area contributed by atoms with Gasteiger partial charge in [0.05, 0.1) is 6.54 Å². The van der Waals surface area contributed by atoms with Crippen molar-refractivity contribution in [2.75, 3.05) is 12.4 Å². The first-order chi connectivity index (χ1) is 12.1. The van der Waals surface area contributed by atoms with Crippen LogP contribution in [0.25, 0.3) is 0 Å². The average molecular weight is 359 g/mol. The van der Waals surface area contributed by atoms with E-state index in [1.54, 1.807) is 18.4 Å². The van der Waals surface area contributed by atoms with Gasteiger partial charge in [-0.25, -0.2) is 0 Å². The van der Waals surface area contributed by atoms with Gasteiger partial charge < -0.3 is 16.0 Å². The number of hydrogen-bond acceptors (Lipinski definition) is 3. The summed E-state index contributed by atoms with van der Waals surface area (Å²) < 4.78 is 0. The van der Waals surface area contributed by atoms with Crippen LogP contribution in [0.5, 0.6) is 0 Å². The Morgan fingerprint density at radius 1 is 1.20 bits per heavy atom. The van der Waals surface area contributed by atoms with Crippen LogP contribution in [0.2, 0.25) is 0 Å². The summed E-state index contributed by atoms with van der Waals surface area (Å²) in [6, 6.07) is 12.0. The molecule has 1 heterocycles. The van der Waals surface area contributed by atoms with Crippen LogP contribution in [0, 0.1) is 5.92 Å². The molecule has 0 spiro atoms. The normalized spacial score (nSPS) is 12.5. The van der Waals surface area contributed by atoms with Crippen LogP contribution in [0.4, 0.5) is 5.69 Å². The van der Waals surface area contributed by atoms with Crippen molar-refractivity contribution in [3.8, 4) is 0 Å². The zero-order valence-electron chi connectivity index (χ0n) is 15.0. The molecule has 1 amide bonds. The molecule has 1 aromatic heterocycles. The zero-order valence-corrected chi connectivity index (χ0v) is 15.8. The summed E-state index contributed by atoms with van der Waals surface area (Å²) in [5.74, 6) is 0.825. The van der Waals surface area contributed by atoms with Gasteiger partial charge in [-0.3, -0.25) is 9.79 Å². The number of anilines is 1. The molecule has 1 unspecified atom stereocenters. The molecular weight excluding hydrogens is 332 g/mol. The van der Waals surface area contributed by atoms with Crippen LogP contribution in [-0.2, 0) is 17.9 Å². The lowest BCUT2D eigenvalue weighted by molar-refractivity contribution is -0.119. The Morgan fingerprint density at radius 3 is 2.68 bits per heavy atom. The van der Waals surface area contributed by atoms with E-state index in [4.69, 9.17) is 0 Å². The van der Waals surface area contributed by atoms with E-state index in [0.717, 1.165) is 30.2 Å². The van der Waals surface area contributed by atoms with E-state index in [2.05, 4.69) is 32.4 Å². The first kappa shape index (κ1) is 19.0. The highest BCUT2D eigenvalue weighted by molar-refractivity contribution is 7.09. The Hall–Kier alpha value is -2.34. The predicted octanol–water partition coefficient (Wildman–Crippen LogP) is 3.60. The number of guanidine groups is 1. The molecule has 0 saturated carbocycles. The second kappa shape index (κ2) is 9.84. The van der Waals surface area contributed by atoms with Crippen LogP contribution < -0.4 is 16.0 Å². The highest BCUT2D eigenvalue weighted by Crippen LogP contribution is 2.13. The number of hydrogen-bond donors (Lipinski definition) is 3. The van der Waals surface area contributed by atoms with E-state index in [1.165, 1.54) is 4.88 Å². The topological polar surface area (TPSA) is 65.5 Å². The summed E-state index contributed by atoms with van der Waals surface area (Å²) in [5.41, 5.74) is 1.91. The molecule has 3 N–H and O–H groups in total. The van der Waals surface area contributed by atoms with Crippen molar-refractivity contribution in [3.63, 3.8) is 0 Å². The lowest BCUT2D eigenvalue weighted by Crippen LogP contribution is -2.36. The zero-order chi connectivity index (χ0) is 18.1. The third kappa shape index (κ3) is 6.23. The summed E-state index contributed by atoms with van der Waals surface area (Å²) in [4.78, 5) is 17.5. The number of thiophene rings is 1. The predicted molar refractivity (Wildman–Crippen MR) is 106 cm³/mol. The van der Waals surface area contributed by atoms with E-state index in [9.17, 15) is 4.79 Å². The maximum absolute atomic E-state index is 12.0. The Kier molecular flexibility index (Phi) is 7.47. The fourth-order valence-electron chi connectivity index (χ4n) is 2.20. The first-order valence-electron chi connectivity index (χ1n) is 8.49. The van der Waals surface area contributed by atoms with Gasteiger partial charge in [-0.15, -0.1) is 11.3 Å². The van der Waals surface area contributed by atoms with Crippen molar-refractivity contribution in [2.24, 2.45) is 10.9 Å². The minimum absolute atomic E-state index is 0.0158. The van der Waals surface area contributed by atoms with Gasteiger partial charge in [0, 0.05) is 30.1 Å². The van der Waals surface area contributed by atoms with Crippen LogP contribution in [-0.4, -0.2) is 18.9 Å². The van der Waals surface area contributed by atoms with Crippen LogP contribution in [0.15, 0.2) is 46.8 Å². The van der Waals surface area contributed by atoms with Gasteiger partial charge in [0.15, 0.2) is 5.96 Å². The van der Waals surface area contributed by atoms with Crippen LogP contribution in [0.1, 0.15) is 30.7 Å². The van der Waals surface area contributed by atoms with E-state index < -0.39 is 0 Å². The first-order valence-corrected chi connectivity index (χ1v) is 9.37. The number of rotatable bonds is 7. The minimum Gasteiger partial charge on any atom is -0.352 e. The number of aliphatic imine (C=N–C) groups is 1. The molecule has 1 atom stereocenters. The summed E-state index contributed by atoms with van der Waals surface area (Å²) >= 11 is 1.72. The average Bonchev–Trinajstić information content (AvgIpc) is 3.15. The molecule has 5 nitrogen and oxygen atoms in total. The lowest BCUT2D eigenvalue weighted by Gasteiger charge is -2.13.